The molecule has 0 amide bonds. The summed E-state index contributed by atoms with van der Waals surface area (Å²) in [5.74, 6) is 0. The molecule has 0 radical (unpaired) electrons. The fourth-order valence-corrected chi connectivity index (χ4v) is 1.60. The average Bonchev–Trinajstić information content (AvgIpc) is 2.83. The average molecular weight is 208 g/mol. The number of rotatable bonds is 4. The zero-order valence-corrected chi connectivity index (χ0v) is 9.18. The molecule has 82 valence electrons. The van der Waals surface area contributed by atoms with E-state index >= 15 is 0 Å². The molecule has 1 aliphatic heterocycles. The van der Waals surface area contributed by atoms with Crippen LogP contribution in [-0.4, -0.2) is 47.8 Å². The van der Waals surface area contributed by atoms with Crippen molar-refractivity contribution in [1.29, 1.82) is 0 Å². The van der Waals surface area contributed by atoms with Gasteiger partial charge in [-0.3, -0.25) is 9.69 Å². The minimum atomic E-state index is 0.688. The summed E-state index contributed by atoms with van der Waals surface area (Å²) < 4.78 is 6.89. The van der Waals surface area contributed by atoms with E-state index in [4.69, 9.17) is 4.74 Å². The van der Waals surface area contributed by atoms with Crippen LogP contribution in [0.3, 0.4) is 0 Å². The van der Waals surface area contributed by atoms with Crippen LogP contribution in [-0.2, 0) is 11.3 Å². The second-order valence-electron chi connectivity index (χ2n) is 3.66. The van der Waals surface area contributed by atoms with Gasteiger partial charge in [-0.2, -0.15) is 10.2 Å². The van der Waals surface area contributed by atoms with Crippen LogP contribution < -0.4 is 0 Å². The summed E-state index contributed by atoms with van der Waals surface area (Å²) in [7, 11) is 3.68. The summed E-state index contributed by atoms with van der Waals surface area (Å²) in [6, 6.07) is 0. The van der Waals surface area contributed by atoms with E-state index < -0.39 is 0 Å². The van der Waals surface area contributed by atoms with Crippen LogP contribution in [0.1, 0.15) is 12.0 Å². The van der Waals surface area contributed by atoms with Crippen LogP contribution in [0.2, 0.25) is 0 Å². The van der Waals surface area contributed by atoms with E-state index in [1.807, 2.05) is 29.1 Å². The molecule has 2 rings (SSSR count). The van der Waals surface area contributed by atoms with Crippen molar-refractivity contribution in [3.05, 3.63) is 18.0 Å². The van der Waals surface area contributed by atoms with E-state index in [0.717, 1.165) is 30.8 Å². The van der Waals surface area contributed by atoms with Crippen molar-refractivity contribution >= 4 is 5.71 Å². The highest BCUT2D eigenvalue weighted by atomic mass is 16.5. The summed E-state index contributed by atoms with van der Waals surface area (Å²) in [6.45, 7) is 2.48. The lowest BCUT2D eigenvalue weighted by Crippen LogP contribution is -2.04. The fraction of sp³-hybridized carbons (Fsp3) is 0.600. The van der Waals surface area contributed by atoms with E-state index in [9.17, 15) is 0 Å². The topological polar surface area (TPSA) is 42.6 Å². The number of aromatic nitrogens is 2. The Morgan fingerprint density at radius 1 is 1.53 bits per heavy atom. The van der Waals surface area contributed by atoms with Crippen molar-refractivity contribution < 1.29 is 4.74 Å². The van der Waals surface area contributed by atoms with Gasteiger partial charge < -0.3 is 4.74 Å². The molecule has 1 aromatic rings. The van der Waals surface area contributed by atoms with Crippen LogP contribution in [0.5, 0.6) is 0 Å². The largest absolute Gasteiger partial charge is 0.383 e. The zero-order valence-electron chi connectivity index (χ0n) is 9.18. The smallest absolute Gasteiger partial charge is 0.0727 e. The molecule has 0 aliphatic carbocycles. The lowest BCUT2D eigenvalue weighted by molar-refractivity contribution is 0.183. The molecule has 0 aromatic carbocycles. The van der Waals surface area contributed by atoms with E-state index in [1.54, 1.807) is 7.11 Å². The quantitative estimate of drug-likeness (QED) is 0.726. The molecular weight excluding hydrogens is 192 g/mol. The molecule has 2 heterocycles. The third-order valence-electron chi connectivity index (χ3n) is 2.45. The van der Waals surface area contributed by atoms with Gasteiger partial charge in [0.1, 0.15) is 0 Å². The van der Waals surface area contributed by atoms with Gasteiger partial charge in [0.2, 0.25) is 0 Å². The molecule has 0 fully saturated rings. The summed E-state index contributed by atoms with van der Waals surface area (Å²) in [4.78, 5) is 0. The Kier molecular flexibility index (Phi) is 3.01. The van der Waals surface area contributed by atoms with Crippen molar-refractivity contribution in [2.75, 3.05) is 27.3 Å². The van der Waals surface area contributed by atoms with Gasteiger partial charge in [0.25, 0.3) is 0 Å². The lowest BCUT2D eigenvalue weighted by atomic mass is 10.2. The summed E-state index contributed by atoms with van der Waals surface area (Å²) in [5, 5.41) is 10.6. The van der Waals surface area contributed by atoms with Crippen molar-refractivity contribution in [3.63, 3.8) is 0 Å². The van der Waals surface area contributed by atoms with Crippen LogP contribution in [0.4, 0.5) is 0 Å². The van der Waals surface area contributed by atoms with Gasteiger partial charge in [-0.25, -0.2) is 0 Å². The Morgan fingerprint density at radius 3 is 3.07 bits per heavy atom. The summed E-state index contributed by atoms with van der Waals surface area (Å²) in [5.41, 5.74) is 2.25. The van der Waals surface area contributed by atoms with Gasteiger partial charge in [0.15, 0.2) is 0 Å². The summed E-state index contributed by atoms with van der Waals surface area (Å²) >= 11 is 0. The molecule has 1 aliphatic rings. The highest BCUT2D eigenvalue weighted by Gasteiger charge is 2.14. The second-order valence-corrected chi connectivity index (χ2v) is 3.66. The molecule has 0 spiro atoms. The molecular formula is C10H16N4O. The lowest BCUT2D eigenvalue weighted by Gasteiger charge is -2.00. The number of hydrazone groups is 1. The second kappa shape index (κ2) is 4.44. The first kappa shape index (κ1) is 10.2. The van der Waals surface area contributed by atoms with Crippen molar-refractivity contribution in [3.8, 4) is 0 Å². The predicted octanol–water partition coefficient (Wildman–Crippen LogP) is 0.569. The first-order valence-corrected chi connectivity index (χ1v) is 5.10. The van der Waals surface area contributed by atoms with Crippen LogP contribution in [0.15, 0.2) is 17.5 Å². The first-order valence-electron chi connectivity index (χ1n) is 5.10. The molecule has 0 N–H and O–H groups in total. The summed E-state index contributed by atoms with van der Waals surface area (Å²) in [6.07, 6.45) is 4.90. The standard InChI is InChI=1S/C10H16N4O/c1-13-4-3-10(12-13)9-7-11-14(8-9)5-6-15-2/h7-8H,3-6H2,1-2H3. The number of hydrogen-bond donors (Lipinski definition) is 0. The third kappa shape index (κ3) is 2.36. The monoisotopic (exact) mass is 208 g/mol. The Hall–Kier alpha value is -1.36. The Balaban J connectivity index is 2.03. The number of hydrogen-bond acceptors (Lipinski definition) is 4. The maximum atomic E-state index is 5.00. The van der Waals surface area contributed by atoms with E-state index in [0.29, 0.717) is 6.61 Å². The van der Waals surface area contributed by atoms with Crippen molar-refractivity contribution in [2.24, 2.45) is 5.10 Å². The molecule has 0 atom stereocenters. The van der Waals surface area contributed by atoms with Crippen LogP contribution in [0.25, 0.3) is 0 Å². The van der Waals surface area contributed by atoms with Crippen molar-refractivity contribution in [2.45, 2.75) is 13.0 Å². The molecule has 5 heteroatoms. The van der Waals surface area contributed by atoms with Crippen molar-refractivity contribution in [1.82, 2.24) is 14.8 Å². The number of nitrogens with zero attached hydrogens (tertiary/aromatic N) is 4. The molecule has 1 aromatic heterocycles. The Bertz CT molecular complexity index is 358. The SMILES string of the molecule is COCCn1cc(C2=NN(C)CC2)cn1. The van der Waals surface area contributed by atoms with Gasteiger partial charge in [0, 0.05) is 38.9 Å². The highest BCUT2D eigenvalue weighted by Crippen LogP contribution is 2.11. The molecule has 15 heavy (non-hydrogen) atoms. The zero-order chi connectivity index (χ0) is 10.7. The molecule has 0 saturated heterocycles. The van der Waals surface area contributed by atoms with Gasteiger partial charge in [-0.05, 0) is 0 Å². The Labute approximate surface area is 89.3 Å². The minimum absolute atomic E-state index is 0.688. The maximum absolute atomic E-state index is 5.00. The van der Waals surface area contributed by atoms with Gasteiger partial charge >= 0.3 is 0 Å². The molecule has 0 saturated carbocycles. The molecule has 5 nitrogen and oxygen atoms in total. The van der Waals surface area contributed by atoms with Gasteiger partial charge in [0.05, 0.1) is 25.1 Å². The van der Waals surface area contributed by atoms with Crippen LogP contribution in [0, 0.1) is 0 Å². The van der Waals surface area contributed by atoms with E-state index in [2.05, 4.69) is 10.2 Å². The van der Waals surface area contributed by atoms with E-state index in [1.165, 1.54) is 0 Å². The normalized spacial score (nSPS) is 15.9. The first-order chi connectivity index (χ1) is 7.29. The minimum Gasteiger partial charge on any atom is -0.383 e. The van der Waals surface area contributed by atoms with Gasteiger partial charge in [-0.1, -0.05) is 0 Å². The third-order valence-corrected chi connectivity index (χ3v) is 2.45. The molecule has 0 bridgehead atoms. The predicted molar refractivity (Wildman–Crippen MR) is 57.9 cm³/mol. The van der Waals surface area contributed by atoms with Gasteiger partial charge in [-0.15, -0.1) is 0 Å². The van der Waals surface area contributed by atoms with E-state index in [-0.39, 0.29) is 0 Å². The maximum Gasteiger partial charge on any atom is 0.0727 e. The fourth-order valence-electron chi connectivity index (χ4n) is 1.60. The Morgan fingerprint density at radius 2 is 2.40 bits per heavy atom. The number of ether oxygens (including phenoxy) is 1. The molecule has 0 unspecified atom stereocenters. The van der Waals surface area contributed by atoms with Crippen LogP contribution >= 0.6 is 0 Å². The number of methoxy groups -OCH3 is 1. The highest BCUT2D eigenvalue weighted by molar-refractivity contribution is 6.00.